The summed E-state index contributed by atoms with van der Waals surface area (Å²) in [6.07, 6.45) is 1.08. The van der Waals surface area contributed by atoms with E-state index in [2.05, 4.69) is 10.6 Å². The largest absolute Gasteiger partial charge is 0.480 e. The lowest BCUT2D eigenvalue weighted by Crippen LogP contribution is -2.54. The molecule has 1 unspecified atom stereocenters. The Morgan fingerprint density at radius 3 is 2.58 bits per heavy atom. The van der Waals surface area contributed by atoms with Crippen LogP contribution in [0, 0.1) is 6.92 Å². The van der Waals surface area contributed by atoms with Gasteiger partial charge < -0.3 is 15.7 Å². The predicted octanol–water partition coefficient (Wildman–Crippen LogP) is 2.50. The SMILES string of the molecule is CCCC(C)(NC(=O)NCc1ccc(C)s1)C(=O)O. The van der Waals surface area contributed by atoms with Crippen LogP contribution in [0.2, 0.25) is 0 Å². The van der Waals surface area contributed by atoms with Crippen LogP contribution < -0.4 is 10.6 Å². The third-order valence-corrected chi connectivity index (χ3v) is 3.83. The van der Waals surface area contributed by atoms with Crippen LogP contribution in [-0.2, 0) is 11.3 Å². The van der Waals surface area contributed by atoms with Gasteiger partial charge in [0.05, 0.1) is 6.54 Å². The molecule has 0 aliphatic carbocycles. The van der Waals surface area contributed by atoms with E-state index >= 15 is 0 Å². The number of aryl methyl sites for hydroxylation is 1. The van der Waals surface area contributed by atoms with Crippen LogP contribution in [-0.4, -0.2) is 22.6 Å². The van der Waals surface area contributed by atoms with Crippen molar-refractivity contribution in [1.29, 1.82) is 0 Å². The second kappa shape index (κ2) is 6.56. The third-order valence-electron chi connectivity index (χ3n) is 2.83. The topological polar surface area (TPSA) is 78.4 Å². The van der Waals surface area contributed by atoms with E-state index in [4.69, 9.17) is 5.11 Å². The van der Waals surface area contributed by atoms with Crippen LogP contribution in [0.1, 0.15) is 36.4 Å². The molecule has 0 bridgehead atoms. The van der Waals surface area contributed by atoms with Crippen molar-refractivity contribution in [2.75, 3.05) is 0 Å². The van der Waals surface area contributed by atoms with Gasteiger partial charge in [-0.25, -0.2) is 9.59 Å². The molecule has 1 heterocycles. The molecule has 0 saturated carbocycles. The summed E-state index contributed by atoms with van der Waals surface area (Å²) < 4.78 is 0. The summed E-state index contributed by atoms with van der Waals surface area (Å²) in [5.74, 6) is -1.02. The van der Waals surface area contributed by atoms with Gasteiger partial charge in [-0.1, -0.05) is 13.3 Å². The molecular weight excluding hydrogens is 264 g/mol. The van der Waals surface area contributed by atoms with Crippen molar-refractivity contribution in [2.45, 2.75) is 45.7 Å². The fourth-order valence-electron chi connectivity index (χ4n) is 1.77. The molecule has 2 amide bonds. The van der Waals surface area contributed by atoms with Gasteiger partial charge in [0, 0.05) is 9.75 Å². The lowest BCUT2D eigenvalue weighted by molar-refractivity contribution is -0.144. The molecule has 1 rings (SSSR count). The molecule has 0 saturated heterocycles. The van der Waals surface area contributed by atoms with Crippen molar-refractivity contribution in [1.82, 2.24) is 10.6 Å². The van der Waals surface area contributed by atoms with Crippen LogP contribution in [0.3, 0.4) is 0 Å². The number of thiophene rings is 1. The standard InChI is InChI=1S/C13H20N2O3S/c1-4-7-13(3,11(16)17)15-12(18)14-8-10-6-5-9(2)19-10/h5-6H,4,7-8H2,1-3H3,(H,16,17)(H2,14,15,18). The Kier molecular flexibility index (Phi) is 5.35. The number of aliphatic carboxylic acids is 1. The number of urea groups is 1. The van der Waals surface area contributed by atoms with Crippen molar-refractivity contribution in [3.63, 3.8) is 0 Å². The fourth-order valence-corrected chi connectivity index (χ4v) is 2.60. The Hall–Kier alpha value is -1.56. The summed E-state index contributed by atoms with van der Waals surface area (Å²) in [5.41, 5.74) is -1.22. The number of nitrogens with one attached hydrogen (secondary N) is 2. The van der Waals surface area contributed by atoms with Crippen molar-refractivity contribution >= 4 is 23.3 Å². The molecule has 0 aliphatic heterocycles. The highest BCUT2D eigenvalue weighted by molar-refractivity contribution is 7.11. The maximum atomic E-state index is 11.7. The van der Waals surface area contributed by atoms with E-state index in [1.54, 1.807) is 11.3 Å². The molecule has 0 radical (unpaired) electrons. The van der Waals surface area contributed by atoms with Gasteiger partial charge in [0.15, 0.2) is 0 Å². The molecule has 1 aromatic heterocycles. The molecule has 1 aromatic rings. The van der Waals surface area contributed by atoms with E-state index in [-0.39, 0.29) is 0 Å². The summed E-state index contributed by atoms with van der Waals surface area (Å²) in [4.78, 5) is 25.1. The number of rotatable bonds is 6. The summed E-state index contributed by atoms with van der Waals surface area (Å²) in [6, 6.07) is 3.48. The molecule has 1 atom stereocenters. The quantitative estimate of drug-likeness (QED) is 0.751. The molecule has 0 aromatic carbocycles. The normalized spacial score (nSPS) is 13.6. The number of amides is 2. The van der Waals surface area contributed by atoms with Crippen LogP contribution in [0.15, 0.2) is 12.1 Å². The first kappa shape index (κ1) is 15.5. The molecule has 106 valence electrons. The number of hydrogen-bond acceptors (Lipinski definition) is 3. The van der Waals surface area contributed by atoms with Gasteiger partial charge in [-0.05, 0) is 32.4 Å². The van der Waals surface area contributed by atoms with E-state index in [9.17, 15) is 9.59 Å². The van der Waals surface area contributed by atoms with E-state index in [0.717, 1.165) is 4.88 Å². The lowest BCUT2D eigenvalue weighted by atomic mass is 9.97. The van der Waals surface area contributed by atoms with Gasteiger partial charge in [-0.2, -0.15) is 0 Å². The van der Waals surface area contributed by atoms with Crippen LogP contribution in [0.5, 0.6) is 0 Å². The Morgan fingerprint density at radius 1 is 1.42 bits per heavy atom. The molecular formula is C13H20N2O3S. The zero-order valence-electron chi connectivity index (χ0n) is 11.4. The van der Waals surface area contributed by atoms with E-state index in [1.807, 2.05) is 26.0 Å². The highest BCUT2D eigenvalue weighted by Crippen LogP contribution is 2.15. The number of carboxylic acids is 1. The predicted molar refractivity (Wildman–Crippen MR) is 75.4 cm³/mol. The minimum Gasteiger partial charge on any atom is -0.480 e. The summed E-state index contributed by atoms with van der Waals surface area (Å²) in [6.45, 7) is 5.81. The Balaban J connectivity index is 2.51. The van der Waals surface area contributed by atoms with Gasteiger partial charge in [-0.15, -0.1) is 11.3 Å². The van der Waals surface area contributed by atoms with Crippen molar-refractivity contribution < 1.29 is 14.7 Å². The Bertz CT molecular complexity index is 458. The second-order valence-electron chi connectivity index (χ2n) is 4.71. The molecule has 3 N–H and O–H groups in total. The van der Waals surface area contributed by atoms with Gasteiger partial charge in [0.1, 0.15) is 5.54 Å². The number of carboxylic acid groups (broad SMARTS) is 1. The second-order valence-corrected chi connectivity index (χ2v) is 6.08. The Morgan fingerprint density at radius 2 is 2.11 bits per heavy atom. The molecule has 0 fully saturated rings. The molecule has 0 aliphatic rings. The van der Waals surface area contributed by atoms with Gasteiger partial charge in [0.25, 0.3) is 0 Å². The lowest BCUT2D eigenvalue weighted by Gasteiger charge is -2.25. The summed E-state index contributed by atoms with van der Waals surface area (Å²) in [7, 11) is 0. The van der Waals surface area contributed by atoms with Crippen LogP contribution in [0.4, 0.5) is 4.79 Å². The smallest absolute Gasteiger partial charge is 0.329 e. The maximum absolute atomic E-state index is 11.7. The molecule has 19 heavy (non-hydrogen) atoms. The third kappa shape index (κ3) is 4.55. The highest BCUT2D eigenvalue weighted by Gasteiger charge is 2.33. The first-order valence-electron chi connectivity index (χ1n) is 6.22. The molecule has 5 nitrogen and oxygen atoms in total. The van der Waals surface area contributed by atoms with Gasteiger partial charge >= 0.3 is 12.0 Å². The zero-order chi connectivity index (χ0) is 14.5. The van der Waals surface area contributed by atoms with Gasteiger partial charge in [0.2, 0.25) is 0 Å². The van der Waals surface area contributed by atoms with E-state index < -0.39 is 17.5 Å². The number of carbonyl (C=O) groups excluding carboxylic acids is 1. The van der Waals surface area contributed by atoms with Gasteiger partial charge in [-0.3, -0.25) is 0 Å². The molecule has 0 spiro atoms. The van der Waals surface area contributed by atoms with Crippen molar-refractivity contribution in [2.24, 2.45) is 0 Å². The number of hydrogen-bond donors (Lipinski definition) is 3. The summed E-state index contributed by atoms with van der Waals surface area (Å²) in [5, 5.41) is 14.4. The summed E-state index contributed by atoms with van der Waals surface area (Å²) >= 11 is 1.61. The van der Waals surface area contributed by atoms with E-state index in [0.29, 0.717) is 19.4 Å². The first-order valence-corrected chi connectivity index (χ1v) is 7.04. The monoisotopic (exact) mass is 284 g/mol. The van der Waals surface area contributed by atoms with E-state index in [1.165, 1.54) is 11.8 Å². The van der Waals surface area contributed by atoms with Crippen molar-refractivity contribution in [3.05, 3.63) is 21.9 Å². The first-order chi connectivity index (χ1) is 8.87. The maximum Gasteiger partial charge on any atom is 0.329 e. The average Bonchev–Trinajstić information content (AvgIpc) is 2.72. The van der Waals surface area contributed by atoms with Crippen LogP contribution in [0.25, 0.3) is 0 Å². The zero-order valence-corrected chi connectivity index (χ0v) is 12.3. The Labute approximate surface area is 117 Å². The van der Waals surface area contributed by atoms with Crippen molar-refractivity contribution in [3.8, 4) is 0 Å². The minimum absolute atomic E-state index is 0.397. The fraction of sp³-hybridized carbons (Fsp3) is 0.538. The minimum atomic E-state index is -1.22. The average molecular weight is 284 g/mol. The highest BCUT2D eigenvalue weighted by atomic mass is 32.1. The number of carbonyl (C=O) groups is 2. The van der Waals surface area contributed by atoms with Crippen LogP contribution >= 0.6 is 11.3 Å². The molecule has 6 heteroatoms.